The molecule has 2 N–H and O–H groups in total. The molecule has 0 saturated heterocycles. The summed E-state index contributed by atoms with van der Waals surface area (Å²) >= 11 is 0. The van der Waals surface area contributed by atoms with Crippen molar-refractivity contribution < 1.29 is 22.4 Å². The molecule has 0 atom stereocenters. The van der Waals surface area contributed by atoms with Crippen molar-refractivity contribution in [2.24, 2.45) is 0 Å². The van der Waals surface area contributed by atoms with Crippen molar-refractivity contribution in [3.8, 4) is 28.5 Å². The number of anilines is 1. The lowest BCUT2D eigenvalue weighted by atomic mass is 10.0. The van der Waals surface area contributed by atoms with Gasteiger partial charge in [-0.2, -0.15) is 18.4 Å². The van der Waals surface area contributed by atoms with E-state index in [1.54, 1.807) is 70.6 Å². The van der Waals surface area contributed by atoms with Gasteiger partial charge in [-0.05, 0) is 47.5 Å². The highest BCUT2D eigenvalue weighted by molar-refractivity contribution is 5.90. The standard InChI is InChI=1S/C23H15F4N5O/c24-19-9-14(4-5-17(19)11-28)15-6-7-32-20(12-29-21(32)10-15)16-2-1-3-18(8-16)31-22(33)30-13-23(25,26)27/h1-10,12H,13H2,(H2,30,31,33). The van der Waals surface area contributed by atoms with Crippen molar-refractivity contribution in [1.29, 1.82) is 5.26 Å². The van der Waals surface area contributed by atoms with Crippen LogP contribution in [-0.2, 0) is 0 Å². The number of imidazole rings is 1. The molecule has 10 heteroatoms. The van der Waals surface area contributed by atoms with Gasteiger partial charge in [-0.3, -0.25) is 4.40 Å². The summed E-state index contributed by atoms with van der Waals surface area (Å²) in [5, 5.41) is 13.0. The van der Waals surface area contributed by atoms with Gasteiger partial charge in [0.15, 0.2) is 0 Å². The van der Waals surface area contributed by atoms with Gasteiger partial charge in [-0.1, -0.05) is 18.2 Å². The summed E-state index contributed by atoms with van der Waals surface area (Å²) in [5.41, 5.74) is 3.51. The first-order chi connectivity index (χ1) is 15.7. The molecule has 0 saturated carbocycles. The summed E-state index contributed by atoms with van der Waals surface area (Å²) < 4.78 is 52.5. The number of benzene rings is 2. The molecule has 2 aromatic carbocycles. The molecule has 0 aliphatic heterocycles. The topological polar surface area (TPSA) is 82.2 Å². The van der Waals surface area contributed by atoms with Gasteiger partial charge < -0.3 is 10.6 Å². The van der Waals surface area contributed by atoms with Crippen molar-refractivity contribution in [3.63, 3.8) is 0 Å². The Morgan fingerprint density at radius 2 is 1.85 bits per heavy atom. The Kier molecular flexibility index (Phi) is 5.70. The fraction of sp³-hybridized carbons (Fsp3) is 0.0870. The van der Waals surface area contributed by atoms with E-state index in [0.717, 1.165) is 0 Å². The van der Waals surface area contributed by atoms with Gasteiger partial charge in [0, 0.05) is 17.4 Å². The van der Waals surface area contributed by atoms with E-state index in [0.29, 0.717) is 33.7 Å². The van der Waals surface area contributed by atoms with Crippen molar-refractivity contribution in [2.75, 3.05) is 11.9 Å². The van der Waals surface area contributed by atoms with Gasteiger partial charge in [0.1, 0.15) is 24.1 Å². The molecule has 2 aromatic heterocycles. The lowest BCUT2D eigenvalue weighted by Crippen LogP contribution is -2.36. The lowest BCUT2D eigenvalue weighted by Gasteiger charge is -2.11. The summed E-state index contributed by atoms with van der Waals surface area (Å²) in [7, 11) is 0. The molecule has 0 radical (unpaired) electrons. The average Bonchev–Trinajstić information content (AvgIpc) is 3.21. The van der Waals surface area contributed by atoms with E-state index in [-0.39, 0.29) is 5.56 Å². The summed E-state index contributed by atoms with van der Waals surface area (Å²) in [6.45, 7) is -1.43. The Morgan fingerprint density at radius 1 is 1.06 bits per heavy atom. The molecule has 0 bridgehead atoms. The van der Waals surface area contributed by atoms with E-state index >= 15 is 0 Å². The maximum Gasteiger partial charge on any atom is 0.405 e. The number of urea groups is 1. The Bertz CT molecular complexity index is 1390. The zero-order valence-electron chi connectivity index (χ0n) is 16.8. The zero-order valence-corrected chi connectivity index (χ0v) is 16.8. The number of carbonyl (C=O) groups is 1. The van der Waals surface area contributed by atoms with E-state index in [1.807, 2.05) is 0 Å². The molecule has 4 rings (SSSR count). The number of alkyl halides is 3. The van der Waals surface area contributed by atoms with E-state index in [1.165, 1.54) is 12.1 Å². The maximum absolute atomic E-state index is 14.0. The average molecular weight is 453 g/mol. The first-order valence-corrected chi connectivity index (χ1v) is 9.63. The van der Waals surface area contributed by atoms with Crippen LogP contribution in [0.3, 0.4) is 0 Å². The van der Waals surface area contributed by atoms with Crippen molar-refractivity contribution in [3.05, 3.63) is 78.4 Å². The molecule has 0 unspecified atom stereocenters. The number of hydrogen-bond donors (Lipinski definition) is 2. The Morgan fingerprint density at radius 3 is 2.58 bits per heavy atom. The zero-order chi connectivity index (χ0) is 23.6. The molecule has 6 nitrogen and oxygen atoms in total. The van der Waals surface area contributed by atoms with Crippen LogP contribution in [0.25, 0.3) is 28.0 Å². The summed E-state index contributed by atoms with van der Waals surface area (Å²) in [4.78, 5) is 16.1. The number of pyridine rings is 1. The smallest absolute Gasteiger partial charge is 0.329 e. The van der Waals surface area contributed by atoms with Crippen LogP contribution >= 0.6 is 0 Å². The van der Waals surface area contributed by atoms with E-state index in [4.69, 9.17) is 5.26 Å². The number of hydrogen-bond acceptors (Lipinski definition) is 3. The normalized spacial score (nSPS) is 11.2. The number of rotatable bonds is 4. The molecule has 0 aliphatic carbocycles. The fourth-order valence-corrected chi connectivity index (χ4v) is 3.27. The molecule has 2 heterocycles. The van der Waals surface area contributed by atoms with E-state index in [2.05, 4.69) is 10.3 Å². The first-order valence-electron chi connectivity index (χ1n) is 9.63. The quantitative estimate of drug-likeness (QED) is 0.408. The van der Waals surface area contributed by atoms with E-state index < -0.39 is 24.6 Å². The minimum Gasteiger partial charge on any atom is -0.329 e. The molecule has 4 aromatic rings. The monoisotopic (exact) mass is 453 g/mol. The van der Waals surface area contributed by atoms with Crippen LogP contribution in [0, 0.1) is 17.1 Å². The largest absolute Gasteiger partial charge is 0.405 e. The molecular weight excluding hydrogens is 438 g/mol. The van der Waals surface area contributed by atoms with Crippen LogP contribution in [0.1, 0.15) is 5.56 Å². The maximum atomic E-state index is 14.0. The number of nitrogens with one attached hydrogen (secondary N) is 2. The van der Waals surface area contributed by atoms with Crippen LogP contribution < -0.4 is 10.6 Å². The third-order valence-electron chi connectivity index (χ3n) is 4.80. The van der Waals surface area contributed by atoms with Crippen molar-refractivity contribution >= 4 is 17.4 Å². The van der Waals surface area contributed by atoms with Gasteiger partial charge >= 0.3 is 12.2 Å². The third-order valence-corrected chi connectivity index (χ3v) is 4.80. The Hall–Kier alpha value is -4.39. The molecule has 0 spiro atoms. The van der Waals surface area contributed by atoms with Crippen LogP contribution in [0.5, 0.6) is 0 Å². The Balaban J connectivity index is 1.58. The highest BCUT2D eigenvalue weighted by atomic mass is 19.4. The van der Waals surface area contributed by atoms with Gasteiger partial charge in [0.05, 0.1) is 17.5 Å². The van der Waals surface area contributed by atoms with Gasteiger partial charge in [-0.25, -0.2) is 14.2 Å². The molecule has 166 valence electrons. The number of fused-ring (bicyclic) bond motifs is 1. The number of aromatic nitrogens is 2. The number of amides is 2. The molecule has 2 amide bonds. The number of halogens is 4. The Labute approximate surface area is 185 Å². The van der Waals surface area contributed by atoms with Crippen LogP contribution in [-0.4, -0.2) is 28.1 Å². The summed E-state index contributed by atoms with van der Waals surface area (Å²) in [6, 6.07) is 15.3. The fourth-order valence-electron chi connectivity index (χ4n) is 3.27. The second-order valence-corrected chi connectivity index (χ2v) is 7.10. The van der Waals surface area contributed by atoms with E-state index in [9.17, 15) is 22.4 Å². The van der Waals surface area contributed by atoms with Gasteiger partial charge in [0.2, 0.25) is 0 Å². The summed E-state index contributed by atoms with van der Waals surface area (Å²) in [6.07, 6.45) is -1.14. The molecular formula is C23H15F4N5O. The molecule has 0 aliphatic rings. The SMILES string of the molecule is N#Cc1ccc(-c2ccn3c(-c4cccc(NC(=O)NCC(F)(F)F)c4)cnc3c2)cc1F. The second kappa shape index (κ2) is 8.63. The van der Waals surface area contributed by atoms with Crippen molar-refractivity contribution in [1.82, 2.24) is 14.7 Å². The summed E-state index contributed by atoms with van der Waals surface area (Å²) in [5.74, 6) is -0.609. The first kappa shape index (κ1) is 21.8. The highest BCUT2D eigenvalue weighted by Gasteiger charge is 2.27. The predicted octanol–water partition coefficient (Wildman–Crippen LogP) is 5.36. The highest BCUT2D eigenvalue weighted by Crippen LogP contribution is 2.27. The number of carbonyl (C=O) groups excluding carboxylic acids is 1. The van der Waals surface area contributed by atoms with Gasteiger partial charge in [-0.15, -0.1) is 0 Å². The van der Waals surface area contributed by atoms with Crippen LogP contribution in [0.2, 0.25) is 0 Å². The second-order valence-electron chi connectivity index (χ2n) is 7.10. The van der Waals surface area contributed by atoms with Crippen LogP contribution in [0.4, 0.5) is 28.0 Å². The molecule has 0 fully saturated rings. The number of nitriles is 1. The minimum atomic E-state index is -4.50. The third kappa shape index (κ3) is 4.93. The molecule has 33 heavy (non-hydrogen) atoms. The predicted molar refractivity (Wildman–Crippen MR) is 114 cm³/mol. The van der Waals surface area contributed by atoms with Crippen LogP contribution in [0.15, 0.2) is 67.0 Å². The van der Waals surface area contributed by atoms with Gasteiger partial charge in [0.25, 0.3) is 0 Å². The minimum absolute atomic E-state index is 0.0384. The lowest BCUT2D eigenvalue weighted by molar-refractivity contribution is -0.122. The number of nitrogens with zero attached hydrogens (tertiary/aromatic N) is 3. The van der Waals surface area contributed by atoms with Crippen molar-refractivity contribution in [2.45, 2.75) is 6.18 Å².